The van der Waals surface area contributed by atoms with Crippen molar-refractivity contribution < 1.29 is 19.0 Å². The Bertz CT molecular complexity index is 1130. The SMILES string of the molecule is COC1CN(C(=O)CN2CCC(c3cc4c(-c5cc(F)ccc5O)ccnc4[nH]3)CC2)C1. The lowest BCUT2D eigenvalue weighted by Gasteiger charge is -2.40. The summed E-state index contributed by atoms with van der Waals surface area (Å²) in [5.74, 6) is 0.160. The zero-order chi connectivity index (χ0) is 22.2. The van der Waals surface area contributed by atoms with Crippen LogP contribution in [0.5, 0.6) is 5.75 Å². The van der Waals surface area contributed by atoms with E-state index in [9.17, 15) is 14.3 Å². The summed E-state index contributed by atoms with van der Waals surface area (Å²) in [4.78, 5) is 24.3. The number of aromatic hydroxyl groups is 1. The summed E-state index contributed by atoms with van der Waals surface area (Å²) in [7, 11) is 1.68. The Labute approximate surface area is 185 Å². The lowest BCUT2D eigenvalue weighted by molar-refractivity contribution is -0.144. The van der Waals surface area contributed by atoms with Crippen molar-refractivity contribution in [2.24, 2.45) is 0 Å². The van der Waals surface area contributed by atoms with Gasteiger partial charge in [0.25, 0.3) is 0 Å². The number of phenolic OH excluding ortho intramolecular Hbond substituents is 1. The number of aromatic nitrogens is 2. The van der Waals surface area contributed by atoms with Gasteiger partial charge in [0.1, 0.15) is 17.2 Å². The first-order chi connectivity index (χ1) is 15.5. The van der Waals surface area contributed by atoms with Gasteiger partial charge in [0.2, 0.25) is 5.91 Å². The Kier molecular flexibility index (Phi) is 5.57. The van der Waals surface area contributed by atoms with Crippen LogP contribution in [0.1, 0.15) is 24.5 Å². The first kappa shape index (κ1) is 20.9. The van der Waals surface area contributed by atoms with Gasteiger partial charge in [-0.2, -0.15) is 0 Å². The number of H-pyrrole nitrogens is 1. The van der Waals surface area contributed by atoms with E-state index in [1.807, 2.05) is 4.90 Å². The summed E-state index contributed by atoms with van der Waals surface area (Å²) in [5.41, 5.74) is 3.02. The Balaban J connectivity index is 1.27. The fourth-order valence-corrected chi connectivity index (χ4v) is 4.71. The summed E-state index contributed by atoms with van der Waals surface area (Å²) >= 11 is 0. The number of piperidine rings is 1. The summed E-state index contributed by atoms with van der Waals surface area (Å²) in [5, 5.41) is 11.1. The van der Waals surface area contributed by atoms with Crippen molar-refractivity contribution in [1.82, 2.24) is 19.8 Å². The third kappa shape index (κ3) is 3.96. The molecule has 1 aromatic carbocycles. The summed E-state index contributed by atoms with van der Waals surface area (Å²) in [6.45, 7) is 3.56. The molecule has 4 heterocycles. The number of ether oxygens (including phenoxy) is 1. The second kappa shape index (κ2) is 8.52. The molecule has 0 aliphatic carbocycles. The quantitative estimate of drug-likeness (QED) is 0.640. The molecule has 0 spiro atoms. The second-order valence-electron chi connectivity index (χ2n) is 8.71. The van der Waals surface area contributed by atoms with Crippen molar-refractivity contribution in [1.29, 1.82) is 0 Å². The molecule has 2 N–H and O–H groups in total. The van der Waals surface area contributed by atoms with Crippen molar-refractivity contribution in [3.63, 3.8) is 0 Å². The van der Waals surface area contributed by atoms with Gasteiger partial charge in [-0.3, -0.25) is 9.69 Å². The Morgan fingerprint density at radius 1 is 1.22 bits per heavy atom. The van der Waals surface area contributed by atoms with Crippen molar-refractivity contribution in [3.05, 3.63) is 48.0 Å². The molecular formula is C24H27FN4O3. The number of halogens is 1. The van der Waals surface area contributed by atoms with E-state index in [4.69, 9.17) is 4.74 Å². The van der Waals surface area contributed by atoms with Crippen molar-refractivity contribution >= 4 is 16.9 Å². The first-order valence-corrected chi connectivity index (χ1v) is 11.0. The van der Waals surface area contributed by atoms with E-state index in [0.717, 1.165) is 48.2 Å². The minimum Gasteiger partial charge on any atom is -0.507 e. The highest BCUT2D eigenvalue weighted by Crippen LogP contribution is 2.37. The molecule has 0 bridgehead atoms. The highest BCUT2D eigenvalue weighted by molar-refractivity contribution is 5.95. The molecule has 0 radical (unpaired) electrons. The predicted octanol–water partition coefficient (Wildman–Crippen LogP) is 3.11. The van der Waals surface area contributed by atoms with Gasteiger partial charge in [-0.25, -0.2) is 9.37 Å². The molecule has 2 aliphatic rings. The number of hydrogen-bond acceptors (Lipinski definition) is 5. The zero-order valence-corrected chi connectivity index (χ0v) is 18.1. The number of likely N-dealkylation sites (tertiary alicyclic amines) is 2. The number of methoxy groups -OCH3 is 1. The molecule has 7 nitrogen and oxygen atoms in total. The number of amides is 1. The highest BCUT2D eigenvalue weighted by Gasteiger charge is 2.32. The van der Waals surface area contributed by atoms with Crippen LogP contribution in [0.2, 0.25) is 0 Å². The maximum absolute atomic E-state index is 13.8. The van der Waals surface area contributed by atoms with Gasteiger partial charge in [0, 0.05) is 49.0 Å². The van der Waals surface area contributed by atoms with Crippen LogP contribution in [0.25, 0.3) is 22.2 Å². The van der Waals surface area contributed by atoms with E-state index in [1.165, 1.54) is 18.2 Å². The van der Waals surface area contributed by atoms with Gasteiger partial charge < -0.3 is 19.7 Å². The van der Waals surface area contributed by atoms with E-state index in [-0.39, 0.29) is 17.8 Å². The maximum atomic E-state index is 13.8. The van der Waals surface area contributed by atoms with Crippen LogP contribution in [0.3, 0.4) is 0 Å². The van der Waals surface area contributed by atoms with E-state index in [1.54, 1.807) is 19.4 Å². The van der Waals surface area contributed by atoms with Crippen LogP contribution in [-0.4, -0.2) is 76.7 Å². The van der Waals surface area contributed by atoms with E-state index in [0.29, 0.717) is 31.1 Å². The average Bonchev–Trinajstić information content (AvgIpc) is 3.20. The van der Waals surface area contributed by atoms with Gasteiger partial charge >= 0.3 is 0 Å². The van der Waals surface area contributed by atoms with Crippen LogP contribution >= 0.6 is 0 Å². The van der Waals surface area contributed by atoms with Crippen LogP contribution in [0, 0.1) is 5.82 Å². The van der Waals surface area contributed by atoms with Gasteiger partial charge in [0.15, 0.2) is 0 Å². The average molecular weight is 439 g/mol. The van der Waals surface area contributed by atoms with Gasteiger partial charge in [-0.1, -0.05) is 0 Å². The lowest BCUT2D eigenvalue weighted by Crippen LogP contribution is -2.57. The largest absolute Gasteiger partial charge is 0.507 e. The standard InChI is InChI=1S/C24H27FN4O3/c1-32-17-12-29(13-17)23(31)14-28-8-5-15(6-9-28)21-11-20-18(4-7-26-24(20)27-21)19-10-16(25)2-3-22(19)30/h2-4,7,10-11,15,17,30H,5-6,8-9,12-14H2,1H3,(H,26,27). The Hall–Kier alpha value is -2.97. The first-order valence-electron chi connectivity index (χ1n) is 11.0. The molecule has 1 amide bonds. The van der Waals surface area contributed by atoms with E-state index < -0.39 is 5.82 Å². The minimum atomic E-state index is -0.392. The van der Waals surface area contributed by atoms with Crippen LogP contribution in [-0.2, 0) is 9.53 Å². The second-order valence-corrected chi connectivity index (χ2v) is 8.71. The van der Waals surface area contributed by atoms with Crippen LogP contribution in [0.15, 0.2) is 36.5 Å². The number of carbonyl (C=O) groups is 1. The summed E-state index contributed by atoms with van der Waals surface area (Å²) in [6.07, 6.45) is 3.74. The molecule has 8 heteroatoms. The van der Waals surface area contributed by atoms with Crippen molar-refractivity contribution in [2.75, 3.05) is 39.8 Å². The van der Waals surface area contributed by atoms with Crippen molar-refractivity contribution in [2.45, 2.75) is 24.9 Å². The molecule has 2 fully saturated rings. The fraction of sp³-hybridized carbons (Fsp3) is 0.417. The minimum absolute atomic E-state index is 0.0404. The Morgan fingerprint density at radius 2 is 2.00 bits per heavy atom. The number of pyridine rings is 1. The molecule has 0 atom stereocenters. The highest BCUT2D eigenvalue weighted by atomic mass is 19.1. The molecule has 2 aromatic heterocycles. The van der Waals surface area contributed by atoms with E-state index in [2.05, 4.69) is 20.9 Å². The number of hydrogen-bond donors (Lipinski definition) is 2. The van der Waals surface area contributed by atoms with Gasteiger partial charge in [-0.15, -0.1) is 0 Å². The normalized spacial score (nSPS) is 18.2. The molecule has 2 aliphatic heterocycles. The van der Waals surface area contributed by atoms with Crippen LogP contribution in [0.4, 0.5) is 4.39 Å². The van der Waals surface area contributed by atoms with E-state index >= 15 is 0 Å². The third-order valence-electron chi connectivity index (χ3n) is 6.72. The molecule has 0 saturated carbocycles. The van der Waals surface area contributed by atoms with Crippen LogP contribution < -0.4 is 0 Å². The zero-order valence-electron chi connectivity index (χ0n) is 18.1. The third-order valence-corrected chi connectivity index (χ3v) is 6.72. The summed E-state index contributed by atoms with van der Waals surface area (Å²) < 4.78 is 19.0. The number of nitrogens with zero attached hydrogens (tertiary/aromatic N) is 3. The fourth-order valence-electron chi connectivity index (χ4n) is 4.71. The smallest absolute Gasteiger partial charge is 0.236 e. The summed E-state index contributed by atoms with van der Waals surface area (Å²) in [6, 6.07) is 7.83. The van der Waals surface area contributed by atoms with Gasteiger partial charge in [-0.05, 0) is 61.8 Å². The monoisotopic (exact) mass is 438 g/mol. The number of benzene rings is 1. The molecule has 0 unspecified atom stereocenters. The number of carbonyl (C=O) groups excluding carboxylic acids is 1. The molecule has 3 aromatic rings. The predicted molar refractivity (Wildman–Crippen MR) is 119 cm³/mol. The topological polar surface area (TPSA) is 81.7 Å². The number of nitrogens with one attached hydrogen (secondary N) is 1. The molecule has 32 heavy (non-hydrogen) atoms. The van der Waals surface area contributed by atoms with Gasteiger partial charge in [0.05, 0.1) is 12.6 Å². The molecule has 5 rings (SSSR count). The molecular weight excluding hydrogens is 411 g/mol. The van der Waals surface area contributed by atoms with Crippen molar-refractivity contribution in [3.8, 4) is 16.9 Å². The number of rotatable bonds is 5. The lowest BCUT2D eigenvalue weighted by atomic mass is 9.93. The molecule has 168 valence electrons. The number of fused-ring (bicyclic) bond motifs is 1. The molecule has 2 saturated heterocycles. The number of aromatic amines is 1. The maximum Gasteiger partial charge on any atom is 0.236 e. The Morgan fingerprint density at radius 3 is 2.75 bits per heavy atom. The number of phenols is 1.